The lowest BCUT2D eigenvalue weighted by atomic mass is 10.0. The minimum atomic E-state index is 1.11. The Balaban J connectivity index is 1.12. The number of benzene rings is 9. The maximum atomic E-state index is 2.36. The quantitative estimate of drug-likeness (QED) is 0.159. The Hall–Kier alpha value is -6.90. The van der Waals surface area contributed by atoms with Crippen molar-refractivity contribution in [3.8, 4) is 22.3 Å². The predicted molar refractivity (Wildman–Crippen MR) is 222 cm³/mol. The monoisotopic (exact) mass is 664 g/mol. The lowest BCUT2D eigenvalue weighted by molar-refractivity contribution is 1.28. The molecule has 0 aliphatic heterocycles. The number of hydrogen-bond acceptors (Lipinski definition) is 2. The Morgan fingerprint density at radius 1 is 0.192 bits per heavy atom. The first-order chi connectivity index (χ1) is 25.8. The molecule has 0 unspecified atom stereocenters. The summed E-state index contributed by atoms with van der Waals surface area (Å²) in [6.45, 7) is 0. The van der Waals surface area contributed by atoms with Crippen LogP contribution in [-0.4, -0.2) is 0 Å². The minimum Gasteiger partial charge on any atom is -0.310 e. The molecule has 0 N–H and O–H groups in total. The van der Waals surface area contributed by atoms with Crippen LogP contribution in [0.25, 0.3) is 43.8 Å². The Morgan fingerprint density at radius 2 is 0.519 bits per heavy atom. The van der Waals surface area contributed by atoms with Gasteiger partial charge in [-0.1, -0.05) is 140 Å². The molecule has 0 bridgehead atoms. The lowest BCUT2D eigenvalue weighted by Crippen LogP contribution is -2.10. The highest BCUT2D eigenvalue weighted by Crippen LogP contribution is 2.41. The van der Waals surface area contributed by atoms with E-state index in [1.807, 2.05) is 0 Å². The van der Waals surface area contributed by atoms with Gasteiger partial charge < -0.3 is 9.80 Å². The van der Waals surface area contributed by atoms with Gasteiger partial charge in [0.05, 0.1) is 0 Å². The zero-order valence-electron chi connectivity index (χ0n) is 28.7. The predicted octanol–water partition coefficient (Wildman–Crippen LogP) is 14.3. The molecule has 0 spiro atoms. The van der Waals surface area contributed by atoms with Crippen LogP contribution in [0.5, 0.6) is 0 Å². The second-order valence-corrected chi connectivity index (χ2v) is 13.1. The summed E-state index contributed by atoms with van der Waals surface area (Å²) < 4.78 is 0. The summed E-state index contributed by atoms with van der Waals surface area (Å²) in [5, 5.41) is 4.79. The summed E-state index contributed by atoms with van der Waals surface area (Å²) in [6.07, 6.45) is 0. The zero-order chi connectivity index (χ0) is 34.7. The summed E-state index contributed by atoms with van der Waals surface area (Å²) >= 11 is 0. The van der Waals surface area contributed by atoms with Gasteiger partial charge in [0.25, 0.3) is 0 Å². The molecular weight excluding hydrogens is 629 g/mol. The van der Waals surface area contributed by atoms with Gasteiger partial charge in [0, 0.05) is 34.1 Å². The van der Waals surface area contributed by atoms with Crippen LogP contribution < -0.4 is 9.80 Å². The van der Waals surface area contributed by atoms with Crippen LogP contribution in [0.4, 0.5) is 34.1 Å². The van der Waals surface area contributed by atoms with Crippen LogP contribution in [0.15, 0.2) is 218 Å². The van der Waals surface area contributed by atoms with Crippen molar-refractivity contribution >= 4 is 55.7 Å². The molecule has 0 amide bonds. The Morgan fingerprint density at radius 3 is 1.06 bits per heavy atom. The fraction of sp³-hybridized carbons (Fsp3) is 0. The van der Waals surface area contributed by atoms with Gasteiger partial charge in [0.15, 0.2) is 0 Å². The average Bonchev–Trinajstić information content (AvgIpc) is 3.22. The molecule has 0 saturated heterocycles. The fourth-order valence-corrected chi connectivity index (χ4v) is 7.16. The van der Waals surface area contributed by atoms with Crippen LogP contribution in [0.1, 0.15) is 0 Å². The second-order valence-electron chi connectivity index (χ2n) is 13.1. The van der Waals surface area contributed by atoms with E-state index in [9.17, 15) is 0 Å². The topological polar surface area (TPSA) is 6.48 Å². The Bertz CT molecular complexity index is 2600. The Kier molecular flexibility index (Phi) is 8.24. The number of para-hydroxylation sites is 2. The average molecular weight is 665 g/mol. The van der Waals surface area contributed by atoms with Crippen molar-refractivity contribution in [1.29, 1.82) is 0 Å². The van der Waals surface area contributed by atoms with Crippen molar-refractivity contribution < 1.29 is 0 Å². The molecule has 0 fully saturated rings. The molecule has 9 rings (SSSR count). The molecule has 0 aliphatic rings. The largest absolute Gasteiger partial charge is 0.310 e. The summed E-state index contributed by atoms with van der Waals surface area (Å²) in [4.78, 5) is 4.69. The van der Waals surface area contributed by atoms with E-state index in [1.165, 1.54) is 43.8 Å². The van der Waals surface area contributed by atoms with Crippen molar-refractivity contribution in [2.24, 2.45) is 0 Å². The molecular formula is C50H36N2. The number of hydrogen-bond donors (Lipinski definition) is 0. The van der Waals surface area contributed by atoms with Crippen molar-refractivity contribution in [2.75, 3.05) is 9.80 Å². The van der Waals surface area contributed by atoms with Crippen molar-refractivity contribution in [2.45, 2.75) is 0 Å². The zero-order valence-corrected chi connectivity index (χ0v) is 28.7. The summed E-state index contributed by atoms with van der Waals surface area (Å²) in [5.74, 6) is 0. The third-order valence-electron chi connectivity index (χ3n) is 9.77. The van der Waals surface area contributed by atoms with E-state index < -0.39 is 0 Å². The van der Waals surface area contributed by atoms with Crippen molar-refractivity contribution in [3.05, 3.63) is 218 Å². The van der Waals surface area contributed by atoms with Gasteiger partial charge in [0.2, 0.25) is 0 Å². The van der Waals surface area contributed by atoms with Gasteiger partial charge in [-0.25, -0.2) is 0 Å². The van der Waals surface area contributed by atoms with Crippen LogP contribution in [0.3, 0.4) is 0 Å². The summed E-state index contributed by atoms with van der Waals surface area (Å²) in [5.41, 5.74) is 11.5. The van der Waals surface area contributed by atoms with Gasteiger partial charge in [0.1, 0.15) is 0 Å². The van der Waals surface area contributed by atoms with Crippen LogP contribution in [-0.2, 0) is 0 Å². The highest BCUT2D eigenvalue weighted by Gasteiger charge is 2.16. The van der Waals surface area contributed by atoms with Crippen LogP contribution >= 0.6 is 0 Å². The molecule has 0 radical (unpaired) electrons. The Labute approximate surface area is 305 Å². The normalized spacial score (nSPS) is 11.1. The van der Waals surface area contributed by atoms with E-state index in [2.05, 4.69) is 228 Å². The molecule has 2 nitrogen and oxygen atoms in total. The molecule has 246 valence electrons. The van der Waals surface area contributed by atoms with E-state index >= 15 is 0 Å². The third-order valence-corrected chi connectivity index (χ3v) is 9.77. The van der Waals surface area contributed by atoms with Gasteiger partial charge in [-0.3, -0.25) is 0 Å². The molecule has 0 atom stereocenters. The SMILES string of the molecule is c1ccc(-c2ccc(N(c3ccccc3)c3ccc4ccc(N(c5ccccc5)c5ccc6cc(-c7ccccc7)ccc6c5)cc4c3)cc2)cc1. The number of rotatable bonds is 8. The molecule has 52 heavy (non-hydrogen) atoms. The third kappa shape index (κ3) is 6.19. The van der Waals surface area contributed by atoms with E-state index in [0.29, 0.717) is 0 Å². The second kappa shape index (κ2) is 13.8. The maximum absolute atomic E-state index is 2.36. The molecule has 9 aromatic rings. The molecule has 0 saturated carbocycles. The molecule has 2 heteroatoms. The fourth-order valence-electron chi connectivity index (χ4n) is 7.16. The van der Waals surface area contributed by atoms with E-state index in [-0.39, 0.29) is 0 Å². The molecule has 9 aromatic carbocycles. The van der Waals surface area contributed by atoms with Crippen molar-refractivity contribution in [1.82, 2.24) is 0 Å². The smallest absolute Gasteiger partial charge is 0.0468 e. The minimum absolute atomic E-state index is 1.11. The van der Waals surface area contributed by atoms with Crippen LogP contribution in [0.2, 0.25) is 0 Å². The van der Waals surface area contributed by atoms with Gasteiger partial charge in [-0.2, -0.15) is 0 Å². The molecule has 0 aliphatic carbocycles. The highest BCUT2D eigenvalue weighted by molar-refractivity contribution is 5.95. The molecule has 0 heterocycles. The molecule has 0 aromatic heterocycles. The number of nitrogens with zero attached hydrogens (tertiary/aromatic N) is 2. The van der Waals surface area contributed by atoms with E-state index in [4.69, 9.17) is 0 Å². The van der Waals surface area contributed by atoms with Gasteiger partial charge in [-0.05, 0) is 123 Å². The summed E-state index contributed by atoms with van der Waals surface area (Å²) in [7, 11) is 0. The number of anilines is 6. The lowest BCUT2D eigenvalue weighted by Gasteiger charge is -2.27. The number of fused-ring (bicyclic) bond motifs is 2. The van der Waals surface area contributed by atoms with E-state index in [0.717, 1.165) is 34.1 Å². The highest BCUT2D eigenvalue weighted by atomic mass is 15.1. The first kappa shape index (κ1) is 31.1. The van der Waals surface area contributed by atoms with Gasteiger partial charge >= 0.3 is 0 Å². The van der Waals surface area contributed by atoms with Crippen LogP contribution in [0, 0.1) is 0 Å². The first-order valence-corrected chi connectivity index (χ1v) is 17.8. The van der Waals surface area contributed by atoms with Gasteiger partial charge in [-0.15, -0.1) is 0 Å². The standard InChI is InChI=1S/C50H36N2/c1-5-13-37(14-6-1)39-23-28-47(29-24-39)51(45-17-9-3-10-18-45)49-30-25-40-26-31-50(36-44(40)35-49)52(46-19-11-4-12-20-46)48-32-27-42-33-41(21-22-43(42)34-48)38-15-7-2-8-16-38/h1-36H. The van der Waals surface area contributed by atoms with E-state index in [1.54, 1.807) is 0 Å². The summed E-state index contributed by atoms with van der Waals surface area (Å²) in [6, 6.07) is 78.3. The van der Waals surface area contributed by atoms with Crippen molar-refractivity contribution in [3.63, 3.8) is 0 Å². The first-order valence-electron chi connectivity index (χ1n) is 17.8. The maximum Gasteiger partial charge on any atom is 0.0468 e.